The van der Waals surface area contributed by atoms with Crippen molar-refractivity contribution in [3.8, 4) is 0 Å². The summed E-state index contributed by atoms with van der Waals surface area (Å²) in [5, 5.41) is 2.68. The molecule has 2 aliphatic rings. The number of aliphatic imine (C=N–C) groups is 1. The van der Waals surface area contributed by atoms with Gasteiger partial charge in [0.1, 0.15) is 17.1 Å². The third-order valence-corrected chi connectivity index (χ3v) is 5.51. The number of aryl methyl sites for hydroxylation is 1. The molecule has 4 rings (SSSR count). The van der Waals surface area contributed by atoms with E-state index in [-0.39, 0.29) is 29.7 Å². The van der Waals surface area contributed by atoms with E-state index in [4.69, 9.17) is 10.5 Å². The van der Waals surface area contributed by atoms with E-state index in [1.54, 1.807) is 13.8 Å². The molecule has 1 aromatic heterocycles. The first-order chi connectivity index (χ1) is 14.2. The van der Waals surface area contributed by atoms with E-state index in [1.807, 2.05) is 0 Å². The molecule has 3 heterocycles. The lowest BCUT2D eigenvalue weighted by molar-refractivity contribution is -0.134. The Kier molecular flexibility index (Phi) is 4.73. The van der Waals surface area contributed by atoms with Crippen LogP contribution in [0.15, 0.2) is 35.6 Å². The molecule has 0 aliphatic carbocycles. The number of ether oxygens (including phenoxy) is 1. The van der Waals surface area contributed by atoms with Gasteiger partial charge in [-0.05, 0) is 32.0 Å². The SMILES string of the molecule is Cc1cnc(C(=O)Nc2ccc(F)c(C34COC(C)C3C(=O)N(C)C(N)=N4)c2)cn1. The fourth-order valence-corrected chi connectivity index (χ4v) is 3.89. The van der Waals surface area contributed by atoms with Crippen molar-refractivity contribution in [1.29, 1.82) is 0 Å². The monoisotopic (exact) mass is 412 g/mol. The highest BCUT2D eigenvalue weighted by atomic mass is 19.1. The van der Waals surface area contributed by atoms with Crippen molar-refractivity contribution in [2.24, 2.45) is 16.6 Å². The molecule has 0 bridgehead atoms. The number of hydrogen-bond donors (Lipinski definition) is 2. The molecule has 2 amide bonds. The normalized spacial score (nSPS) is 25.7. The summed E-state index contributed by atoms with van der Waals surface area (Å²) in [6.45, 7) is 3.50. The molecule has 1 saturated heterocycles. The van der Waals surface area contributed by atoms with Gasteiger partial charge < -0.3 is 15.8 Å². The summed E-state index contributed by atoms with van der Waals surface area (Å²) in [7, 11) is 1.52. The summed E-state index contributed by atoms with van der Waals surface area (Å²) in [5.74, 6) is -2.11. The van der Waals surface area contributed by atoms with E-state index in [2.05, 4.69) is 20.3 Å². The fraction of sp³-hybridized carbons (Fsp3) is 0.350. The molecular formula is C20H21FN6O3. The van der Waals surface area contributed by atoms with Gasteiger partial charge in [-0.1, -0.05) is 0 Å². The average Bonchev–Trinajstić information content (AvgIpc) is 3.05. The van der Waals surface area contributed by atoms with Crippen LogP contribution in [0.4, 0.5) is 10.1 Å². The van der Waals surface area contributed by atoms with E-state index in [1.165, 1.54) is 42.5 Å². The lowest BCUT2D eigenvalue weighted by Crippen LogP contribution is -2.55. The maximum atomic E-state index is 14.9. The molecule has 1 fully saturated rings. The van der Waals surface area contributed by atoms with Crippen LogP contribution < -0.4 is 11.1 Å². The number of nitrogens with two attached hydrogens (primary N) is 1. The molecule has 156 valence electrons. The first kappa shape index (κ1) is 19.9. The first-order valence-electron chi connectivity index (χ1n) is 9.37. The predicted molar refractivity (Wildman–Crippen MR) is 106 cm³/mol. The van der Waals surface area contributed by atoms with Gasteiger partial charge in [0, 0.05) is 24.5 Å². The Balaban J connectivity index is 1.73. The quantitative estimate of drug-likeness (QED) is 0.781. The van der Waals surface area contributed by atoms with Gasteiger partial charge in [-0.3, -0.25) is 19.5 Å². The van der Waals surface area contributed by atoms with E-state index in [0.29, 0.717) is 11.4 Å². The number of aromatic nitrogens is 2. The van der Waals surface area contributed by atoms with Crippen LogP contribution >= 0.6 is 0 Å². The Morgan fingerprint density at radius 2 is 2.13 bits per heavy atom. The molecule has 1 aromatic carbocycles. The smallest absolute Gasteiger partial charge is 0.275 e. The lowest BCUT2D eigenvalue weighted by atomic mass is 9.76. The van der Waals surface area contributed by atoms with Crippen molar-refractivity contribution in [3.63, 3.8) is 0 Å². The molecule has 2 aromatic rings. The maximum Gasteiger partial charge on any atom is 0.275 e. The summed E-state index contributed by atoms with van der Waals surface area (Å²) in [4.78, 5) is 39.2. The highest BCUT2D eigenvalue weighted by molar-refractivity contribution is 6.03. The standard InChI is InChI=1S/C20H21FN6O3/c1-10-7-24-15(8-23-10)17(28)25-12-4-5-14(21)13(6-12)20-9-30-11(2)16(20)18(29)27(3)19(22)26-20/h4-8,11,16H,9H2,1-3H3,(H2,22,26)(H,25,28). The van der Waals surface area contributed by atoms with Crippen LogP contribution in [-0.2, 0) is 15.1 Å². The number of hydrogen-bond acceptors (Lipinski definition) is 7. The second kappa shape index (κ2) is 7.13. The molecule has 0 saturated carbocycles. The zero-order valence-corrected chi connectivity index (χ0v) is 16.7. The van der Waals surface area contributed by atoms with Crippen molar-refractivity contribution >= 4 is 23.5 Å². The molecule has 10 heteroatoms. The Morgan fingerprint density at radius 3 is 2.83 bits per heavy atom. The highest BCUT2D eigenvalue weighted by Gasteiger charge is 2.58. The van der Waals surface area contributed by atoms with E-state index in [9.17, 15) is 14.0 Å². The maximum absolute atomic E-state index is 14.9. The van der Waals surface area contributed by atoms with Crippen LogP contribution in [0.2, 0.25) is 0 Å². The number of carbonyl (C=O) groups excluding carboxylic acids is 2. The summed E-state index contributed by atoms with van der Waals surface area (Å²) >= 11 is 0. The second-order valence-electron chi connectivity index (χ2n) is 7.48. The van der Waals surface area contributed by atoms with Crippen LogP contribution in [0.25, 0.3) is 0 Å². The predicted octanol–water partition coefficient (Wildman–Crippen LogP) is 1.19. The first-order valence-corrected chi connectivity index (χ1v) is 9.37. The van der Waals surface area contributed by atoms with Gasteiger partial charge in [0.05, 0.1) is 30.5 Å². The summed E-state index contributed by atoms with van der Waals surface area (Å²) < 4.78 is 20.6. The van der Waals surface area contributed by atoms with Crippen molar-refractivity contribution < 1.29 is 18.7 Å². The molecule has 0 spiro atoms. The zero-order chi connectivity index (χ0) is 21.6. The number of halogens is 1. The number of carbonyl (C=O) groups is 2. The largest absolute Gasteiger partial charge is 0.375 e. The summed E-state index contributed by atoms with van der Waals surface area (Å²) in [5.41, 5.74) is 5.90. The van der Waals surface area contributed by atoms with Crippen LogP contribution in [-0.4, -0.2) is 52.4 Å². The highest BCUT2D eigenvalue weighted by Crippen LogP contribution is 2.47. The van der Waals surface area contributed by atoms with Crippen molar-refractivity contribution in [3.05, 3.63) is 53.4 Å². The average molecular weight is 412 g/mol. The zero-order valence-electron chi connectivity index (χ0n) is 16.7. The van der Waals surface area contributed by atoms with Crippen molar-refractivity contribution in [2.45, 2.75) is 25.5 Å². The summed E-state index contributed by atoms with van der Waals surface area (Å²) in [6, 6.07) is 4.10. The number of fused-ring (bicyclic) bond motifs is 1. The van der Waals surface area contributed by atoms with Crippen LogP contribution in [0.1, 0.15) is 28.7 Å². The van der Waals surface area contributed by atoms with Crippen LogP contribution in [0.3, 0.4) is 0 Å². The molecule has 9 nitrogen and oxygen atoms in total. The minimum absolute atomic E-state index is 0.00310. The Bertz CT molecular complexity index is 1060. The number of guanidine groups is 1. The molecule has 3 unspecified atom stereocenters. The van der Waals surface area contributed by atoms with E-state index < -0.39 is 29.3 Å². The van der Waals surface area contributed by atoms with Crippen LogP contribution in [0.5, 0.6) is 0 Å². The third-order valence-electron chi connectivity index (χ3n) is 5.51. The Hall–Kier alpha value is -3.40. The van der Waals surface area contributed by atoms with Crippen LogP contribution in [0, 0.1) is 18.7 Å². The van der Waals surface area contributed by atoms with Gasteiger partial charge in [0.15, 0.2) is 5.96 Å². The van der Waals surface area contributed by atoms with Gasteiger partial charge in [-0.2, -0.15) is 0 Å². The number of benzene rings is 1. The molecule has 30 heavy (non-hydrogen) atoms. The molecular weight excluding hydrogens is 391 g/mol. The van der Waals surface area contributed by atoms with Gasteiger partial charge >= 0.3 is 0 Å². The minimum atomic E-state index is -1.30. The topological polar surface area (TPSA) is 123 Å². The molecule has 3 N–H and O–H groups in total. The van der Waals surface area contributed by atoms with Gasteiger partial charge in [-0.15, -0.1) is 0 Å². The third kappa shape index (κ3) is 3.09. The Morgan fingerprint density at radius 1 is 1.37 bits per heavy atom. The second-order valence-corrected chi connectivity index (χ2v) is 7.48. The fourth-order valence-electron chi connectivity index (χ4n) is 3.89. The van der Waals surface area contributed by atoms with Gasteiger partial charge in [-0.25, -0.2) is 14.4 Å². The molecule has 0 radical (unpaired) electrons. The Labute approximate surface area is 172 Å². The molecule has 3 atom stereocenters. The number of amides is 2. The van der Waals surface area contributed by atoms with Crippen molar-refractivity contribution in [1.82, 2.24) is 14.9 Å². The van der Waals surface area contributed by atoms with Gasteiger partial charge in [0.2, 0.25) is 5.91 Å². The number of nitrogens with one attached hydrogen (secondary N) is 1. The van der Waals surface area contributed by atoms with E-state index >= 15 is 0 Å². The van der Waals surface area contributed by atoms with Crippen molar-refractivity contribution in [2.75, 3.05) is 19.0 Å². The summed E-state index contributed by atoms with van der Waals surface area (Å²) in [6.07, 6.45) is 2.36. The molecule has 2 aliphatic heterocycles. The van der Waals surface area contributed by atoms with Gasteiger partial charge in [0.25, 0.3) is 5.91 Å². The van der Waals surface area contributed by atoms with E-state index in [0.717, 1.165) is 0 Å². The lowest BCUT2D eigenvalue weighted by Gasteiger charge is -2.38. The number of nitrogens with zero attached hydrogens (tertiary/aromatic N) is 4. The minimum Gasteiger partial charge on any atom is -0.375 e. The number of rotatable bonds is 3. The number of anilines is 1.